The van der Waals surface area contributed by atoms with Crippen LogP contribution in [0.1, 0.15) is 0 Å². The molecule has 13 heavy (non-hydrogen) atoms. The van der Waals surface area contributed by atoms with Gasteiger partial charge in [0.05, 0.1) is 0 Å². The van der Waals surface area contributed by atoms with Crippen LogP contribution in [-0.4, -0.2) is 26.2 Å². The molecule has 5 nitrogen and oxygen atoms in total. The number of hydrogen-bond acceptors (Lipinski definition) is 4. The summed E-state index contributed by atoms with van der Waals surface area (Å²) in [5.41, 5.74) is 0.482. The van der Waals surface area contributed by atoms with E-state index in [1.54, 1.807) is 0 Å². The zero-order valence-electron chi connectivity index (χ0n) is 6.59. The van der Waals surface area contributed by atoms with Crippen molar-refractivity contribution in [2.75, 3.05) is 6.26 Å². The van der Waals surface area contributed by atoms with Crippen molar-refractivity contribution < 1.29 is 0 Å². The lowest BCUT2D eigenvalue weighted by Gasteiger charge is -1.96. The van der Waals surface area contributed by atoms with Crippen LogP contribution >= 0.6 is 23.4 Å². The SMILES string of the molecule is CSc1nc2[nH]c(=O)[nH]c2nc1Cl. The minimum Gasteiger partial charge on any atom is -0.289 e. The molecule has 0 fully saturated rings. The Morgan fingerprint density at radius 3 is 2.54 bits per heavy atom. The fourth-order valence-corrected chi connectivity index (χ4v) is 1.70. The van der Waals surface area contributed by atoms with Crippen molar-refractivity contribution >= 4 is 34.7 Å². The van der Waals surface area contributed by atoms with E-state index in [1.807, 2.05) is 6.26 Å². The third kappa shape index (κ3) is 1.42. The third-order valence-electron chi connectivity index (χ3n) is 1.48. The molecule has 0 unspecified atom stereocenters. The second kappa shape index (κ2) is 3.04. The normalized spacial score (nSPS) is 10.9. The molecule has 0 spiro atoms. The van der Waals surface area contributed by atoms with Crippen LogP contribution in [0.3, 0.4) is 0 Å². The van der Waals surface area contributed by atoms with Gasteiger partial charge in [0.1, 0.15) is 5.03 Å². The highest BCUT2D eigenvalue weighted by atomic mass is 35.5. The molecule has 2 N–H and O–H groups in total. The highest BCUT2D eigenvalue weighted by Crippen LogP contribution is 2.21. The Hall–Kier alpha value is -1.01. The zero-order valence-corrected chi connectivity index (χ0v) is 8.16. The van der Waals surface area contributed by atoms with Crippen molar-refractivity contribution in [1.29, 1.82) is 0 Å². The maximum absolute atomic E-state index is 10.9. The average Bonchev–Trinajstić information content (AvgIpc) is 2.42. The van der Waals surface area contributed by atoms with Crippen LogP contribution in [0.2, 0.25) is 5.15 Å². The van der Waals surface area contributed by atoms with Crippen molar-refractivity contribution in [1.82, 2.24) is 19.9 Å². The summed E-state index contributed by atoms with van der Waals surface area (Å²) in [7, 11) is 0. The summed E-state index contributed by atoms with van der Waals surface area (Å²) in [6.45, 7) is 0. The summed E-state index contributed by atoms with van der Waals surface area (Å²) in [6, 6.07) is 0. The van der Waals surface area contributed by atoms with Gasteiger partial charge in [-0.2, -0.15) is 0 Å². The van der Waals surface area contributed by atoms with Gasteiger partial charge in [-0.15, -0.1) is 11.8 Å². The van der Waals surface area contributed by atoms with Crippen LogP contribution in [0.4, 0.5) is 0 Å². The minimum absolute atomic E-state index is 0.301. The average molecular weight is 217 g/mol. The monoisotopic (exact) mass is 216 g/mol. The summed E-state index contributed by atoms with van der Waals surface area (Å²) in [6.07, 6.45) is 1.84. The smallest absolute Gasteiger partial charge is 0.289 e. The van der Waals surface area contributed by atoms with E-state index >= 15 is 0 Å². The fourth-order valence-electron chi connectivity index (χ4n) is 0.950. The van der Waals surface area contributed by atoms with E-state index in [0.717, 1.165) is 0 Å². The quantitative estimate of drug-likeness (QED) is 0.698. The predicted molar refractivity (Wildman–Crippen MR) is 51.3 cm³/mol. The Balaban J connectivity index is 2.80. The zero-order chi connectivity index (χ0) is 9.42. The van der Waals surface area contributed by atoms with Crippen molar-refractivity contribution in [3.63, 3.8) is 0 Å². The first-order chi connectivity index (χ1) is 6.20. The first-order valence-electron chi connectivity index (χ1n) is 3.40. The minimum atomic E-state index is -0.329. The van der Waals surface area contributed by atoms with Crippen LogP contribution in [-0.2, 0) is 0 Å². The standard InChI is InChI=1S/C6H5ClN4OS/c1-13-5-2(7)8-3-4(9-5)11-6(12)10-3/h1H3,(H2,8,9,10,11,12). The van der Waals surface area contributed by atoms with Crippen LogP contribution in [0.25, 0.3) is 11.3 Å². The van der Waals surface area contributed by atoms with Crippen molar-refractivity contribution in [2.45, 2.75) is 5.03 Å². The number of aromatic nitrogens is 4. The molecule has 0 bridgehead atoms. The second-order valence-corrected chi connectivity index (χ2v) is 3.45. The van der Waals surface area contributed by atoms with Gasteiger partial charge in [-0.05, 0) is 6.26 Å². The number of hydrogen-bond donors (Lipinski definition) is 2. The number of nitrogens with one attached hydrogen (secondary N) is 2. The molecule has 0 saturated carbocycles. The number of thioether (sulfide) groups is 1. The molecule has 68 valence electrons. The number of rotatable bonds is 1. The summed E-state index contributed by atoms with van der Waals surface area (Å²) in [4.78, 5) is 23.9. The summed E-state index contributed by atoms with van der Waals surface area (Å²) in [5, 5.41) is 0.902. The van der Waals surface area contributed by atoms with Gasteiger partial charge in [0.25, 0.3) is 0 Å². The van der Waals surface area contributed by atoms with Gasteiger partial charge in [0.15, 0.2) is 16.4 Å². The van der Waals surface area contributed by atoms with Crippen LogP contribution in [0.15, 0.2) is 9.82 Å². The maximum atomic E-state index is 10.9. The first kappa shape index (κ1) is 8.58. The van der Waals surface area contributed by atoms with E-state index in [1.165, 1.54) is 11.8 Å². The molecule has 2 aromatic heterocycles. The molecule has 2 heterocycles. The van der Waals surface area contributed by atoms with Gasteiger partial charge >= 0.3 is 5.69 Å². The van der Waals surface area contributed by atoms with Gasteiger partial charge in [0.2, 0.25) is 0 Å². The van der Waals surface area contributed by atoms with Crippen LogP contribution < -0.4 is 5.69 Å². The fraction of sp³-hybridized carbons (Fsp3) is 0.167. The van der Waals surface area contributed by atoms with Crippen molar-refractivity contribution in [3.8, 4) is 0 Å². The number of fused-ring (bicyclic) bond motifs is 1. The van der Waals surface area contributed by atoms with Gasteiger partial charge in [-0.1, -0.05) is 11.6 Å². The summed E-state index contributed by atoms with van der Waals surface area (Å²) in [5.74, 6) is 0. The highest BCUT2D eigenvalue weighted by Gasteiger charge is 2.07. The molecule has 2 rings (SSSR count). The van der Waals surface area contributed by atoms with E-state index < -0.39 is 0 Å². The van der Waals surface area contributed by atoms with Gasteiger partial charge in [0, 0.05) is 0 Å². The van der Waals surface area contributed by atoms with Crippen LogP contribution in [0, 0.1) is 0 Å². The molecule has 2 aromatic rings. The Kier molecular flexibility index (Phi) is 2.01. The largest absolute Gasteiger partial charge is 0.326 e. The van der Waals surface area contributed by atoms with Gasteiger partial charge in [-0.25, -0.2) is 14.8 Å². The van der Waals surface area contributed by atoms with Gasteiger partial charge in [-0.3, -0.25) is 9.97 Å². The topological polar surface area (TPSA) is 74.4 Å². The third-order valence-corrected chi connectivity index (χ3v) is 2.53. The summed E-state index contributed by atoms with van der Waals surface area (Å²) < 4.78 is 0. The number of halogens is 1. The summed E-state index contributed by atoms with van der Waals surface area (Å²) >= 11 is 7.16. The second-order valence-electron chi connectivity index (χ2n) is 2.30. The molecule has 0 aromatic carbocycles. The molecule has 0 radical (unpaired) electrons. The molecule has 0 aliphatic carbocycles. The van der Waals surface area contributed by atoms with Crippen molar-refractivity contribution in [3.05, 3.63) is 15.6 Å². The number of imidazole rings is 1. The van der Waals surface area contributed by atoms with E-state index in [-0.39, 0.29) is 5.69 Å². The Morgan fingerprint density at radius 2 is 1.92 bits per heavy atom. The highest BCUT2D eigenvalue weighted by molar-refractivity contribution is 7.98. The first-order valence-corrected chi connectivity index (χ1v) is 5.00. The lowest BCUT2D eigenvalue weighted by molar-refractivity contribution is 1.10. The molecule has 0 aliphatic rings. The molecular formula is C6H5ClN4OS. The van der Waals surface area contributed by atoms with Crippen LogP contribution in [0.5, 0.6) is 0 Å². The Bertz CT molecular complexity index is 505. The Labute approximate surface area is 81.9 Å². The van der Waals surface area contributed by atoms with E-state index in [0.29, 0.717) is 21.5 Å². The lowest BCUT2D eigenvalue weighted by Crippen LogP contribution is -1.99. The molecule has 7 heteroatoms. The van der Waals surface area contributed by atoms with E-state index in [9.17, 15) is 4.79 Å². The molecular weight excluding hydrogens is 212 g/mol. The van der Waals surface area contributed by atoms with Gasteiger partial charge < -0.3 is 0 Å². The van der Waals surface area contributed by atoms with E-state index in [4.69, 9.17) is 11.6 Å². The number of aromatic amines is 2. The molecule has 0 amide bonds. The van der Waals surface area contributed by atoms with E-state index in [2.05, 4.69) is 19.9 Å². The van der Waals surface area contributed by atoms with Crippen molar-refractivity contribution in [2.24, 2.45) is 0 Å². The number of H-pyrrole nitrogens is 2. The lowest BCUT2D eigenvalue weighted by atomic mass is 10.7. The molecule has 0 atom stereocenters. The molecule has 0 aliphatic heterocycles. The molecule has 0 saturated heterocycles. The number of nitrogens with zero attached hydrogens (tertiary/aromatic N) is 2. The maximum Gasteiger partial charge on any atom is 0.326 e. The predicted octanol–water partition coefficient (Wildman–Crippen LogP) is 1.02. The Morgan fingerprint density at radius 1 is 1.31 bits per heavy atom.